The first-order chi connectivity index (χ1) is 15.4. The minimum absolute atomic E-state index is 0.00902. The van der Waals surface area contributed by atoms with Gasteiger partial charge < -0.3 is 14.4 Å². The molecule has 7 heteroatoms. The van der Waals surface area contributed by atoms with E-state index in [9.17, 15) is 19.2 Å². The highest BCUT2D eigenvalue weighted by Gasteiger charge is 2.37. The van der Waals surface area contributed by atoms with Crippen molar-refractivity contribution in [1.82, 2.24) is 0 Å². The van der Waals surface area contributed by atoms with Crippen LogP contribution in [0.15, 0.2) is 54.6 Å². The molecule has 0 unspecified atom stereocenters. The predicted molar refractivity (Wildman–Crippen MR) is 118 cm³/mol. The number of nitrogens with zero attached hydrogens (tertiary/aromatic N) is 1. The molecule has 0 spiro atoms. The largest absolute Gasteiger partial charge is 0.462 e. The zero-order chi connectivity index (χ0) is 23.1. The first kappa shape index (κ1) is 23.2. The van der Waals surface area contributed by atoms with E-state index in [4.69, 9.17) is 9.47 Å². The van der Waals surface area contributed by atoms with Crippen molar-refractivity contribution in [3.63, 3.8) is 0 Å². The number of anilines is 1. The number of carbonyl (C=O) groups excluding carboxylic acids is 4. The summed E-state index contributed by atoms with van der Waals surface area (Å²) in [5, 5.41) is 0. The average molecular weight is 437 g/mol. The molecule has 2 aromatic rings. The van der Waals surface area contributed by atoms with Crippen molar-refractivity contribution < 1.29 is 28.7 Å². The van der Waals surface area contributed by atoms with Gasteiger partial charge in [-0.25, -0.2) is 4.79 Å². The molecule has 7 nitrogen and oxygen atoms in total. The van der Waals surface area contributed by atoms with E-state index in [0.29, 0.717) is 29.8 Å². The van der Waals surface area contributed by atoms with Crippen LogP contribution in [0.3, 0.4) is 0 Å². The summed E-state index contributed by atoms with van der Waals surface area (Å²) in [6, 6.07) is 15.2. The van der Waals surface area contributed by atoms with Gasteiger partial charge in [0, 0.05) is 24.2 Å². The average Bonchev–Trinajstić information content (AvgIpc) is 3.22. The van der Waals surface area contributed by atoms with Crippen molar-refractivity contribution in [2.45, 2.75) is 39.2 Å². The van der Waals surface area contributed by atoms with Crippen molar-refractivity contribution in [3.05, 3.63) is 65.7 Å². The van der Waals surface area contributed by atoms with E-state index in [-0.39, 0.29) is 24.7 Å². The van der Waals surface area contributed by atoms with Gasteiger partial charge >= 0.3 is 11.9 Å². The molecule has 0 radical (unpaired) electrons. The minimum Gasteiger partial charge on any atom is -0.462 e. The number of ketones is 1. The Labute approximate surface area is 187 Å². The lowest BCUT2D eigenvalue weighted by Crippen LogP contribution is -2.31. The Balaban J connectivity index is 1.62. The Morgan fingerprint density at radius 1 is 1.00 bits per heavy atom. The highest BCUT2D eigenvalue weighted by molar-refractivity contribution is 6.02. The molecule has 1 amide bonds. The van der Waals surface area contributed by atoms with Gasteiger partial charge in [0.25, 0.3) is 0 Å². The number of rotatable bonds is 9. The number of ether oxygens (including phenoxy) is 2. The van der Waals surface area contributed by atoms with Crippen LogP contribution < -0.4 is 4.90 Å². The van der Waals surface area contributed by atoms with Gasteiger partial charge in [0.05, 0.1) is 18.1 Å². The van der Waals surface area contributed by atoms with Crippen LogP contribution in [0.2, 0.25) is 0 Å². The van der Waals surface area contributed by atoms with Gasteiger partial charge in [-0.2, -0.15) is 0 Å². The maximum atomic E-state index is 12.7. The maximum absolute atomic E-state index is 12.7. The third kappa shape index (κ3) is 5.41. The monoisotopic (exact) mass is 437 g/mol. The lowest BCUT2D eigenvalue weighted by Gasteiger charge is -2.19. The van der Waals surface area contributed by atoms with Gasteiger partial charge in [-0.1, -0.05) is 44.2 Å². The summed E-state index contributed by atoms with van der Waals surface area (Å²) in [5.41, 5.74) is 1.47. The zero-order valence-corrected chi connectivity index (χ0v) is 18.3. The fraction of sp³-hybridized carbons (Fsp3) is 0.360. The smallest absolute Gasteiger partial charge is 0.338 e. The Morgan fingerprint density at radius 3 is 2.31 bits per heavy atom. The number of amides is 1. The molecule has 2 aromatic carbocycles. The number of Topliss-reactive ketones (excluding diaryl/α,β-unsaturated/α-hetero) is 1. The maximum Gasteiger partial charge on any atom is 0.338 e. The second-order valence-electron chi connectivity index (χ2n) is 7.65. The number of carbonyl (C=O) groups is 4. The Bertz CT molecular complexity index is 970. The summed E-state index contributed by atoms with van der Waals surface area (Å²) in [6.07, 6.45) is 0.205. The molecule has 1 aliphatic heterocycles. The third-order valence-corrected chi connectivity index (χ3v) is 5.29. The van der Waals surface area contributed by atoms with Crippen molar-refractivity contribution in [3.8, 4) is 0 Å². The van der Waals surface area contributed by atoms with Crippen LogP contribution in [0.1, 0.15) is 53.8 Å². The number of hydrogen-bond donors (Lipinski definition) is 0. The highest BCUT2D eigenvalue weighted by Crippen LogP contribution is 2.27. The van der Waals surface area contributed by atoms with E-state index in [1.54, 1.807) is 55.5 Å². The quantitative estimate of drug-likeness (QED) is 0.438. The van der Waals surface area contributed by atoms with Crippen LogP contribution in [0.5, 0.6) is 0 Å². The van der Waals surface area contributed by atoms with Gasteiger partial charge in [-0.05, 0) is 37.1 Å². The Kier molecular flexibility index (Phi) is 7.76. The molecule has 0 N–H and O–H groups in total. The molecule has 2 atom stereocenters. The molecular formula is C25H27NO6. The van der Waals surface area contributed by atoms with Gasteiger partial charge in [0.1, 0.15) is 0 Å². The normalized spacial score (nSPS) is 16.5. The molecule has 0 bridgehead atoms. The topological polar surface area (TPSA) is 90.0 Å². The highest BCUT2D eigenvalue weighted by atomic mass is 16.5. The molecule has 1 heterocycles. The van der Waals surface area contributed by atoms with Crippen LogP contribution >= 0.6 is 0 Å². The third-order valence-electron chi connectivity index (χ3n) is 5.29. The van der Waals surface area contributed by atoms with E-state index in [2.05, 4.69) is 0 Å². The van der Waals surface area contributed by atoms with E-state index in [0.717, 1.165) is 6.42 Å². The van der Waals surface area contributed by atoms with Crippen LogP contribution in [0, 0.1) is 5.92 Å². The minimum atomic E-state index is -0.887. The van der Waals surface area contributed by atoms with Crippen molar-refractivity contribution in [2.24, 2.45) is 5.92 Å². The SMILES string of the molecule is CCCOC(=O)c1ccc(N2C[C@@H](C(=O)O[C@H](CC)C(=O)c3ccccc3)CC2=O)cc1. The second-order valence-corrected chi connectivity index (χ2v) is 7.65. The molecule has 0 aromatic heterocycles. The molecule has 168 valence electrons. The molecule has 1 fully saturated rings. The molecular weight excluding hydrogens is 410 g/mol. The lowest BCUT2D eigenvalue weighted by atomic mass is 10.0. The van der Waals surface area contributed by atoms with Crippen LogP contribution in [0.4, 0.5) is 5.69 Å². The molecule has 1 saturated heterocycles. The van der Waals surface area contributed by atoms with E-state index >= 15 is 0 Å². The summed E-state index contributed by atoms with van der Waals surface area (Å²) < 4.78 is 10.6. The van der Waals surface area contributed by atoms with Crippen LogP contribution in [-0.4, -0.2) is 42.9 Å². The zero-order valence-electron chi connectivity index (χ0n) is 18.3. The fourth-order valence-corrected chi connectivity index (χ4v) is 3.52. The molecule has 0 aliphatic carbocycles. The summed E-state index contributed by atoms with van der Waals surface area (Å²) in [4.78, 5) is 51.3. The van der Waals surface area contributed by atoms with Gasteiger partial charge in [0.15, 0.2) is 6.10 Å². The van der Waals surface area contributed by atoms with E-state index < -0.39 is 24.0 Å². The second kappa shape index (κ2) is 10.7. The fourth-order valence-electron chi connectivity index (χ4n) is 3.52. The van der Waals surface area contributed by atoms with Crippen LogP contribution in [-0.2, 0) is 19.1 Å². The summed E-state index contributed by atoms with van der Waals surface area (Å²) in [7, 11) is 0. The van der Waals surface area contributed by atoms with Gasteiger partial charge in [0.2, 0.25) is 11.7 Å². The molecule has 1 aliphatic rings. The first-order valence-electron chi connectivity index (χ1n) is 10.8. The van der Waals surface area contributed by atoms with E-state index in [1.165, 1.54) is 4.90 Å². The first-order valence-corrected chi connectivity index (χ1v) is 10.8. The van der Waals surface area contributed by atoms with Crippen molar-refractivity contribution >= 4 is 29.3 Å². The van der Waals surface area contributed by atoms with Crippen molar-refractivity contribution in [1.29, 1.82) is 0 Å². The number of esters is 2. The Morgan fingerprint density at radius 2 is 1.69 bits per heavy atom. The molecule has 0 saturated carbocycles. The predicted octanol–water partition coefficient (Wildman–Crippen LogP) is 3.81. The molecule has 32 heavy (non-hydrogen) atoms. The van der Waals surface area contributed by atoms with Gasteiger partial charge in [-0.15, -0.1) is 0 Å². The lowest BCUT2D eigenvalue weighted by molar-refractivity contribution is -0.151. The van der Waals surface area contributed by atoms with Crippen molar-refractivity contribution in [2.75, 3.05) is 18.1 Å². The number of hydrogen-bond acceptors (Lipinski definition) is 6. The molecule has 3 rings (SSSR count). The standard InChI is InChI=1S/C25H27NO6/c1-3-14-31-24(29)18-10-12-20(13-11-18)26-16-19(15-22(26)27)25(30)32-21(4-2)23(28)17-8-6-5-7-9-17/h5-13,19,21H,3-4,14-16H2,1-2H3/t19-,21+/m0/s1. The summed E-state index contributed by atoms with van der Waals surface area (Å²) in [5.74, 6) is -2.10. The van der Waals surface area contributed by atoms with Crippen LogP contribution in [0.25, 0.3) is 0 Å². The van der Waals surface area contributed by atoms with Gasteiger partial charge in [-0.3, -0.25) is 14.4 Å². The van der Waals surface area contributed by atoms with E-state index in [1.807, 2.05) is 13.0 Å². The Hall–Kier alpha value is -3.48. The summed E-state index contributed by atoms with van der Waals surface area (Å²) >= 11 is 0. The summed E-state index contributed by atoms with van der Waals surface area (Å²) in [6.45, 7) is 4.20. The number of benzene rings is 2.